The number of nitrogen functional groups attached to an aromatic ring is 1. The highest BCUT2D eigenvalue weighted by Gasteiger charge is 2.26. The van der Waals surface area contributed by atoms with Crippen LogP contribution in [-0.4, -0.2) is 49.1 Å². The molecule has 0 aromatic carbocycles. The molecule has 0 fully saturated rings. The number of ether oxygens (including phenoxy) is 1. The van der Waals surface area contributed by atoms with Crippen LogP contribution in [0, 0.1) is 0 Å². The lowest BCUT2D eigenvalue weighted by Crippen LogP contribution is -2.33. The molecule has 1 aromatic heterocycles. The molecule has 0 unspecified atom stereocenters. The number of carbonyl (C=O) groups is 1. The van der Waals surface area contributed by atoms with Crippen LogP contribution >= 0.6 is 0 Å². The number of nitrogens with zero attached hydrogens (tertiary/aromatic N) is 2. The molecule has 17 heavy (non-hydrogen) atoms. The second kappa shape index (κ2) is 5.15. The molecule has 8 nitrogen and oxygen atoms in total. The third-order valence-electron chi connectivity index (χ3n) is 1.98. The molecular weight excluding hydrogens is 248 g/mol. The Morgan fingerprint density at radius 1 is 1.65 bits per heavy atom. The van der Waals surface area contributed by atoms with Gasteiger partial charge in [-0.25, -0.2) is 8.42 Å². The number of likely N-dealkylation sites (N-methyl/N-ethyl adjacent to an activating group) is 1. The van der Waals surface area contributed by atoms with Gasteiger partial charge in [0.05, 0.1) is 12.8 Å². The van der Waals surface area contributed by atoms with Crippen molar-refractivity contribution in [1.29, 1.82) is 0 Å². The average Bonchev–Trinajstić information content (AvgIpc) is 2.65. The number of nitrogens with one attached hydrogen (secondary N) is 1. The van der Waals surface area contributed by atoms with Gasteiger partial charge in [0.2, 0.25) is 10.0 Å². The predicted molar refractivity (Wildman–Crippen MR) is 59.4 cm³/mol. The van der Waals surface area contributed by atoms with Gasteiger partial charge in [0.1, 0.15) is 17.3 Å². The van der Waals surface area contributed by atoms with E-state index >= 15 is 0 Å². The number of anilines is 1. The van der Waals surface area contributed by atoms with Crippen molar-refractivity contribution in [2.45, 2.75) is 11.8 Å². The monoisotopic (exact) mass is 262 g/mol. The molecule has 1 heterocycles. The number of aromatic nitrogens is 2. The van der Waals surface area contributed by atoms with Gasteiger partial charge in [-0.1, -0.05) is 0 Å². The summed E-state index contributed by atoms with van der Waals surface area (Å²) in [7, 11) is -2.56. The van der Waals surface area contributed by atoms with Gasteiger partial charge in [-0.2, -0.15) is 9.40 Å². The first-order chi connectivity index (χ1) is 7.89. The standard InChI is InChI=1S/C8H14N4O4S/c1-3-16-7(13)5-12(2)17(14,15)6-4-10-11-8(6)9/h4H,3,5H2,1-2H3,(H3,9,10,11). The maximum absolute atomic E-state index is 11.9. The van der Waals surface area contributed by atoms with E-state index in [1.54, 1.807) is 6.92 Å². The van der Waals surface area contributed by atoms with Gasteiger partial charge in [-0.05, 0) is 6.92 Å². The SMILES string of the molecule is CCOC(=O)CN(C)S(=O)(=O)c1cn[nH]c1N. The number of nitrogens with two attached hydrogens (primary N) is 1. The van der Waals surface area contributed by atoms with E-state index in [1.807, 2.05) is 0 Å². The minimum Gasteiger partial charge on any atom is -0.465 e. The number of esters is 1. The van der Waals surface area contributed by atoms with E-state index in [9.17, 15) is 13.2 Å². The molecule has 0 radical (unpaired) electrons. The summed E-state index contributed by atoms with van der Waals surface area (Å²) < 4.78 is 29.4. The van der Waals surface area contributed by atoms with Gasteiger partial charge in [0.25, 0.3) is 0 Å². The van der Waals surface area contributed by atoms with Crippen LogP contribution < -0.4 is 5.73 Å². The van der Waals surface area contributed by atoms with Gasteiger partial charge in [0, 0.05) is 7.05 Å². The normalized spacial score (nSPS) is 11.7. The second-order valence-corrected chi connectivity index (χ2v) is 5.23. The zero-order chi connectivity index (χ0) is 13.1. The Morgan fingerprint density at radius 2 is 2.29 bits per heavy atom. The van der Waals surface area contributed by atoms with Gasteiger partial charge in [-0.3, -0.25) is 9.89 Å². The van der Waals surface area contributed by atoms with Crippen molar-refractivity contribution in [2.24, 2.45) is 0 Å². The smallest absolute Gasteiger partial charge is 0.321 e. The van der Waals surface area contributed by atoms with Crippen LogP contribution in [-0.2, 0) is 19.6 Å². The Labute approximate surface area is 98.8 Å². The molecule has 9 heteroatoms. The van der Waals surface area contributed by atoms with Gasteiger partial charge < -0.3 is 10.5 Å². The van der Waals surface area contributed by atoms with Gasteiger partial charge >= 0.3 is 5.97 Å². The molecule has 0 spiro atoms. The van der Waals surface area contributed by atoms with E-state index < -0.39 is 16.0 Å². The zero-order valence-electron chi connectivity index (χ0n) is 9.50. The van der Waals surface area contributed by atoms with Crippen LogP contribution in [0.4, 0.5) is 5.82 Å². The fraction of sp³-hybridized carbons (Fsp3) is 0.500. The number of aromatic amines is 1. The third kappa shape index (κ3) is 2.94. The third-order valence-corrected chi connectivity index (χ3v) is 3.81. The number of carbonyl (C=O) groups excluding carboxylic acids is 1. The van der Waals surface area contributed by atoms with Crippen LogP contribution in [0.1, 0.15) is 6.92 Å². The second-order valence-electron chi connectivity index (χ2n) is 3.21. The van der Waals surface area contributed by atoms with E-state index in [0.717, 1.165) is 10.5 Å². The van der Waals surface area contributed by atoms with E-state index in [4.69, 9.17) is 5.73 Å². The quantitative estimate of drug-likeness (QED) is 0.669. The Morgan fingerprint density at radius 3 is 2.76 bits per heavy atom. The van der Waals surface area contributed by atoms with Crippen LogP contribution in [0.2, 0.25) is 0 Å². The lowest BCUT2D eigenvalue weighted by molar-refractivity contribution is -0.143. The molecule has 1 aromatic rings. The van der Waals surface area contributed by atoms with E-state index in [1.165, 1.54) is 7.05 Å². The molecule has 0 saturated heterocycles. The highest BCUT2D eigenvalue weighted by Crippen LogP contribution is 2.18. The number of sulfonamides is 1. The maximum Gasteiger partial charge on any atom is 0.321 e. The summed E-state index contributed by atoms with van der Waals surface area (Å²) in [6.07, 6.45) is 1.09. The van der Waals surface area contributed by atoms with Crippen molar-refractivity contribution < 1.29 is 17.9 Å². The van der Waals surface area contributed by atoms with Crippen molar-refractivity contribution >= 4 is 21.8 Å². The lowest BCUT2D eigenvalue weighted by Gasteiger charge is -2.15. The summed E-state index contributed by atoms with van der Waals surface area (Å²) in [4.78, 5) is 11.0. The van der Waals surface area contributed by atoms with Crippen molar-refractivity contribution in [3.63, 3.8) is 0 Å². The molecular formula is C8H14N4O4S. The highest BCUT2D eigenvalue weighted by molar-refractivity contribution is 7.89. The Hall–Kier alpha value is -1.61. The first-order valence-electron chi connectivity index (χ1n) is 4.80. The number of hydrogen-bond donors (Lipinski definition) is 2. The van der Waals surface area contributed by atoms with Gasteiger partial charge in [-0.15, -0.1) is 0 Å². The Balaban J connectivity index is 2.85. The van der Waals surface area contributed by atoms with Crippen LogP contribution in [0.3, 0.4) is 0 Å². The first kappa shape index (κ1) is 13.5. The minimum atomic E-state index is -3.83. The van der Waals surface area contributed by atoms with E-state index in [2.05, 4.69) is 14.9 Å². The molecule has 0 bridgehead atoms. The number of rotatable bonds is 5. The van der Waals surface area contributed by atoms with Crippen LogP contribution in [0.25, 0.3) is 0 Å². The fourth-order valence-electron chi connectivity index (χ4n) is 1.13. The fourth-order valence-corrected chi connectivity index (χ4v) is 2.25. The molecule has 0 saturated carbocycles. The molecule has 0 amide bonds. The number of hydrogen-bond acceptors (Lipinski definition) is 6. The molecule has 0 aliphatic heterocycles. The number of H-pyrrole nitrogens is 1. The van der Waals surface area contributed by atoms with Crippen molar-refractivity contribution in [3.05, 3.63) is 6.20 Å². The maximum atomic E-state index is 11.9. The predicted octanol–water partition coefficient (Wildman–Crippen LogP) is -0.824. The summed E-state index contributed by atoms with van der Waals surface area (Å²) in [5, 5.41) is 5.83. The summed E-state index contributed by atoms with van der Waals surface area (Å²) in [6.45, 7) is 1.46. The molecule has 0 aliphatic carbocycles. The van der Waals surface area contributed by atoms with E-state index in [-0.39, 0.29) is 23.9 Å². The molecule has 96 valence electrons. The molecule has 3 N–H and O–H groups in total. The molecule has 1 rings (SSSR count). The first-order valence-corrected chi connectivity index (χ1v) is 6.24. The van der Waals surface area contributed by atoms with Crippen molar-refractivity contribution in [1.82, 2.24) is 14.5 Å². The Bertz CT molecular complexity index is 495. The van der Waals surface area contributed by atoms with Gasteiger partial charge in [0.15, 0.2) is 0 Å². The zero-order valence-corrected chi connectivity index (χ0v) is 10.3. The summed E-state index contributed by atoms with van der Waals surface area (Å²) >= 11 is 0. The highest BCUT2D eigenvalue weighted by atomic mass is 32.2. The summed E-state index contributed by atoms with van der Waals surface area (Å²) in [5.41, 5.74) is 5.41. The largest absolute Gasteiger partial charge is 0.465 e. The van der Waals surface area contributed by atoms with Crippen LogP contribution in [0.15, 0.2) is 11.1 Å². The summed E-state index contributed by atoms with van der Waals surface area (Å²) in [6, 6.07) is 0. The topological polar surface area (TPSA) is 118 Å². The molecule has 0 atom stereocenters. The lowest BCUT2D eigenvalue weighted by atomic mass is 10.6. The summed E-state index contributed by atoms with van der Waals surface area (Å²) in [5.74, 6) is -0.693. The van der Waals surface area contributed by atoms with Crippen molar-refractivity contribution in [2.75, 3.05) is 25.9 Å². The average molecular weight is 262 g/mol. The molecule has 0 aliphatic rings. The minimum absolute atomic E-state index is 0.0688. The Kier molecular flexibility index (Phi) is 4.07. The van der Waals surface area contributed by atoms with E-state index in [0.29, 0.717) is 0 Å². The van der Waals surface area contributed by atoms with Crippen LogP contribution in [0.5, 0.6) is 0 Å². The van der Waals surface area contributed by atoms with Crippen molar-refractivity contribution in [3.8, 4) is 0 Å².